The van der Waals surface area contributed by atoms with Gasteiger partial charge in [-0.3, -0.25) is 9.71 Å². The average molecular weight is 302 g/mol. The molecule has 8 heteroatoms. The van der Waals surface area contributed by atoms with Gasteiger partial charge in [0.15, 0.2) is 0 Å². The summed E-state index contributed by atoms with van der Waals surface area (Å²) >= 11 is 0. The van der Waals surface area contributed by atoms with E-state index in [4.69, 9.17) is 0 Å². The normalized spacial score (nSPS) is 20.8. The topological polar surface area (TPSA) is 92.7 Å². The third kappa shape index (κ3) is 3.13. The quantitative estimate of drug-likeness (QED) is 0.860. The predicted octanol–water partition coefficient (Wildman–Crippen LogP) is 0.158. The van der Waals surface area contributed by atoms with E-state index in [0.29, 0.717) is 5.56 Å². The Morgan fingerprint density at radius 1 is 1.32 bits per heavy atom. The van der Waals surface area contributed by atoms with Gasteiger partial charge in [0.25, 0.3) is 10.0 Å². The Labute approximate surface area is 112 Å². The number of hydrogen-bond donors (Lipinski definition) is 1. The maximum atomic E-state index is 11.8. The van der Waals surface area contributed by atoms with Crippen molar-refractivity contribution in [1.29, 1.82) is 0 Å². The van der Waals surface area contributed by atoms with Crippen LogP contribution in [0.2, 0.25) is 0 Å². The van der Waals surface area contributed by atoms with Gasteiger partial charge in [0.2, 0.25) is 0 Å². The lowest BCUT2D eigenvalue weighted by Gasteiger charge is -2.06. The number of benzene rings is 1. The van der Waals surface area contributed by atoms with Crippen molar-refractivity contribution in [2.75, 3.05) is 12.0 Å². The summed E-state index contributed by atoms with van der Waals surface area (Å²) in [7, 11) is -6.73. The fraction of sp³-hybridized carbons (Fsp3) is 0.364. The van der Waals surface area contributed by atoms with E-state index < -0.39 is 25.9 Å². The Bertz CT molecular complexity index is 736. The molecule has 0 bridgehead atoms. The van der Waals surface area contributed by atoms with Crippen molar-refractivity contribution in [2.24, 2.45) is 4.99 Å². The molecule has 0 saturated heterocycles. The van der Waals surface area contributed by atoms with Crippen LogP contribution < -0.4 is 4.72 Å². The summed E-state index contributed by atoms with van der Waals surface area (Å²) in [6, 6.07) is 5.94. The van der Waals surface area contributed by atoms with Gasteiger partial charge in [-0.05, 0) is 19.1 Å². The van der Waals surface area contributed by atoms with Gasteiger partial charge in [-0.1, -0.05) is 12.1 Å². The van der Waals surface area contributed by atoms with E-state index in [9.17, 15) is 16.8 Å². The lowest BCUT2D eigenvalue weighted by Crippen LogP contribution is -2.25. The maximum Gasteiger partial charge on any atom is 0.263 e. The fourth-order valence-electron chi connectivity index (χ4n) is 1.93. The molecule has 1 heterocycles. The highest BCUT2D eigenvalue weighted by Gasteiger charge is 2.30. The van der Waals surface area contributed by atoms with E-state index in [1.807, 2.05) is 0 Å². The summed E-state index contributed by atoms with van der Waals surface area (Å²) in [6.45, 7) is 1.63. The Balaban J connectivity index is 2.39. The first-order chi connectivity index (χ1) is 8.69. The van der Waals surface area contributed by atoms with Crippen molar-refractivity contribution in [3.05, 3.63) is 29.8 Å². The number of rotatable bonds is 3. The van der Waals surface area contributed by atoms with Gasteiger partial charge in [-0.15, -0.1) is 0 Å². The zero-order valence-corrected chi connectivity index (χ0v) is 12.1. The second-order valence-electron chi connectivity index (χ2n) is 4.52. The summed E-state index contributed by atoms with van der Waals surface area (Å²) in [5.41, 5.74) is 0.475. The molecule has 0 amide bonds. The molecule has 0 aliphatic carbocycles. The Morgan fingerprint density at radius 2 is 1.95 bits per heavy atom. The molecule has 0 fully saturated rings. The fourth-order valence-corrected chi connectivity index (χ4v) is 4.12. The Kier molecular flexibility index (Phi) is 3.40. The summed E-state index contributed by atoms with van der Waals surface area (Å²) in [5, 5.41) is 0. The highest BCUT2D eigenvalue weighted by molar-refractivity contribution is 7.91. The van der Waals surface area contributed by atoms with E-state index in [2.05, 4.69) is 9.71 Å². The van der Waals surface area contributed by atoms with Crippen molar-refractivity contribution in [1.82, 2.24) is 4.72 Å². The van der Waals surface area contributed by atoms with Crippen LogP contribution in [-0.4, -0.2) is 40.7 Å². The van der Waals surface area contributed by atoms with Gasteiger partial charge in [0.1, 0.15) is 15.7 Å². The highest BCUT2D eigenvalue weighted by atomic mass is 32.2. The van der Waals surface area contributed by atoms with Gasteiger partial charge in [0.05, 0.1) is 16.7 Å². The van der Waals surface area contributed by atoms with Crippen LogP contribution in [0.3, 0.4) is 0 Å². The molecule has 0 radical (unpaired) electrons. The summed E-state index contributed by atoms with van der Waals surface area (Å²) in [4.78, 5) is 4.31. The standard InChI is InChI=1S/C11H14N2O4S2/c1-8(7-18(2,14)15)12-11-9-5-3-4-6-10(9)19(16,17)13-11/h3-6,8H,7H2,1-2H3,(H,12,13). The first kappa shape index (κ1) is 14.0. The highest BCUT2D eigenvalue weighted by Crippen LogP contribution is 2.22. The second kappa shape index (κ2) is 4.61. The van der Waals surface area contributed by atoms with E-state index in [0.717, 1.165) is 6.26 Å². The molecule has 1 aromatic rings. The third-order valence-electron chi connectivity index (χ3n) is 2.56. The van der Waals surface area contributed by atoms with Crippen LogP contribution in [0.25, 0.3) is 0 Å². The predicted molar refractivity (Wildman–Crippen MR) is 72.5 cm³/mol. The molecule has 0 saturated carbocycles. The monoisotopic (exact) mass is 302 g/mol. The van der Waals surface area contributed by atoms with E-state index in [1.54, 1.807) is 25.1 Å². The van der Waals surface area contributed by atoms with Crippen molar-refractivity contribution < 1.29 is 16.8 Å². The van der Waals surface area contributed by atoms with E-state index in [1.165, 1.54) is 6.07 Å². The maximum absolute atomic E-state index is 11.8. The molecular formula is C11H14N2O4S2. The van der Waals surface area contributed by atoms with Gasteiger partial charge in [-0.25, -0.2) is 16.8 Å². The van der Waals surface area contributed by atoms with Crippen LogP contribution in [0.4, 0.5) is 0 Å². The number of fused-ring (bicyclic) bond motifs is 1. The second-order valence-corrected chi connectivity index (χ2v) is 8.36. The van der Waals surface area contributed by atoms with Gasteiger partial charge >= 0.3 is 0 Å². The number of nitrogens with zero attached hydrogens (tertiary/aromatic N) is 1. The molecule has 104 valence electrons. The molecule has 0 spiro atoms. The molecule has 6 nitrogen and oxygen atoms in total. The van der Waals surface area contributed by atoms with Crippen LogP contribution >= 0.6 is 0 Å². The minimum absolute atomic E-state index is 0.125. The summed E-state index contributed by atoms with van der Waals surface area (Å²) in [5.74, 6) is 0.0761. The van der Waals surface area contributed by atoms with Crippen LogP contribution in [0.5, 0.6) is 0 Å². The van der Waals surface area contributed by atoms with E-state index in [-0.39, 0.29) is 16.5 Å². The smallest absolute Gasteiger partial charge is 0.263 e. The van der Waals surface area contributed by atoms with Gasteiger partial charge in [-0.2, -0.15) is 0 Å². The zero-order chi connectivity index (χ0) is 14.3. The minimum Gasteiger partial charge on any atom is -0.263 e. The van der Waals surface area contributed by atoms with Crippen LogP contribution in [0.15, 0.2) is 34.2 Å². The molecule has 1 aliphatic rings. The molecule has 0 aromatic heterocycles. The first-order valence-corrected chi connectivity index (χ1v) is 9.11. The molecule has 19 heavy (non-hydrogen) atoms. The van der Waals surface area contributed by atoms with Gasteiger partial charge < -0.3 is 0 Å². The minimum atomic E-state index is -3.57. The average Bonchev–Trinajstić information content (AvgIpc) is 2.49. The SMILES string of the molecule is CC(CS(C)(=O)=O)N=C1NS(=O)(=O)c2ccccc21. The third-order valence-corrected chi connectivity index (χ3v) is 5.04. The molecule has 1 aliphatic heterocycles. The van der Waals surface area contributed by atoms with Crippen molar-refractivity contribution in [2.45, 2.75) is 17.9 Å². The number of sulfone groups is 1. The van der Waals surface area contributed by atoms with E-state index >= 15 is 0 Å². The Hall–Kier alpha value is -1.41. The Morgan fingerprint density at radius 3 is 2.58 bits per heavy atom. The van der Waals surface area contributed by atoms with Crippen LogP contribution in [0, 0.1) is 0 Å². The van der Waals surface area contributed by atoms with Gasteiger partial charge in [0, 0.05) is 11.8 Å². The summed E-state index contributed by atoms with van der Waals surface area (Å²) in [6.07, 6.45) is 1.12. The molecule has 1 unspecified atom stereocenters. The first-order valence-electron chi connectivity index (χ1n) is 5.57. The molecular weight excluding hydrogens is 288 g/mol. The number of nitrogens with one attached hydrogen (secondary N) is 1. The zero-order valence-electron chi connectivity index (χ0n) is 10.5. The largest absolute Gasteiger partial charge is 0.263 e. The lowest BCUT2D eigenvalue weighted by molar-refractivity contribution is 0.594. The van der Waals surface area contributed by atoms with Crippen molar-refractivity contribution >= 4 is 25.7 Å². The number of hydrogen-bond acceptors (Lipinski definition) is 5. The molecule has 2 rings (SSSR count). The number of aliphatic imine (C=N–C) groups is 1. The van der Waals surface area contributed by atoms with Crippen molar-refractivity contribution in [3.8, 4) is 0 Å². The molecule has 1 N–H and O–H groups in total. The number of sulfonamides is 1. The van der Waals surface area contributed by atoms with Crippen molar-refractivity contribution in [3.63, 3.8) is 0 Å². The van der Waals surface area contributed by atoms with Crippen LogP contribution in [0.1, 0.15) is 12.5 Å². The molecule has 1 aromatic carbocycles. The summed E-state index contributed by atoms with van der Waals surface area (Å²) < 4.78 is 48.3. The number of amidine groups is 1. The lowest BCUT2D eigenvalue weighted by atomic mass is 10.2. The van der Waals surface area contributed by atoms with Crippen LogP contribution in [-0.2, 0) is 19.9 Å². The molecule has 1 atom stereocenters.